The van der Waals surface area contributed by atoms with Crippen molar-refractivity contribution in [1.82, 2.24) is 4.90 Å². The first-order valence-corrected chi connectivity index (χ1v) is 6.23. The number of hydrogen-bond acceptors (Lipinski definition) is 1. The molecule has 0 saturated carbocycles. The van der Waals surface area contributed by atoms with Crippen LogP contribution in [0.3, 0.4) is 0 Å². The number of hydrogen-bond donors (Lipinski definition) is 0. The van der Waals surface area contributed by atoms with Gasteiger partial charge in [-0.05, 0) is 41.1 Å². The molecule has 1 aromatic carbocycles. The van der Waals surface area contributed by atoms with Gasteiger partial charge < -0.3 is 4.90 Å². The molecule has 1 amide bonds. The van der Waals surface area contributed by atoms with Crippen LogP contribution in [0.5, 0.6) is 0 Å². The van der Waals surface area contributed by atoms with Crippen LogP contribution in [-0.2, 0) is 0 Å². The molecule has 0 atom stereocenters. The zero-order valence-electron chi connectivity index (χ0n) is 8.84. The number of halogens is 3. The zero-order chi connectivity index (χ0) is 12.1. The number of carbonyl (C=O) groups excluding carboxylic acids is 1. The molecule has 0 bridgehead atoms. The summed E-state index contributed by atoms with van der Waals surface area (Å²) in [6.45, 7) is 2.89. The van der Waals surface area contributed by atoms with Crippen molar-refractivity contribution in [2.45, 2.75) is 6.92 Å². The molecular weight excluding hydrogens is 296 g/mol. The maximum atomic E-state index is 13.2. The minimum absolute atomic E-state index is 0.199. The molecule has 5 heteroatoms. The van der Waals surface area contributed by atoms with E-state index in [2.05, 4.69) is 15.9 Å². The third kappa shape index (κ3) is 3.19. The van der Waals surface area contributed by atoms with Crippen molar-refractivity contribution in [2.24, 2.45) is 0 Å². The van der Waals surface area contributed by atoms with Crippen LogP contribution in [-0.4, -0.2) is 29.8 Å². The standard InChI is InChI=1S/C11H12BrClFNO/c1-2-15(6-5-13)11(16)8-3-4-9(12)10(14)7-8/h3-4,7H,2,5-6H2,1H3. The summed E-state index contributed by atoms with van der Waals surface area (Å²) in [5.41, 5.74) is 0.340. The number of rotatable bonds is 4. The van der Waals surface area contributed by atoms with Crippen LogP contribution in [0.15, 0.2) is 22.7 Å². The van der Waals surface area contributed by atoms with E-state index < -0.39 is 5.82 Å². The van der Waals surface area contributed by atoms with Gasteiger partial charge in [0.2, 0.25) is 0 Å². The third-order valence-electron chi connectivity index (χ3n) is 2.19. The topological polar surface area (TPSA) is 20.3 Å². The van der Waals surface area contributed by atoms with Crippen molar-refractivity contribution in [1.29, 1.82) is 0 Å². The first kappa shape index (κ1) is 13.5. The number of nitrogens with zero attached hydrogens (tertiary/aromatic N) is 1. The van der Waals surface area contributed by atoms with Crippen molar-refractivity contribution in [3.05, 3.63) is 34.1 Å². The van der Waals surface area contributed by atoms with E-state index in [1.165, 1.54) is 12.1 Å². The second kappa shape index (κ2) is 6.21. The highest BCUT2D eigenvalue weighted by Gasteiger charge is 2.14. The minimum atomic E-state index is -0.437. The highest BCUT2D eigenvalue weighted by atomic mass is 79.9. The lowest BCUT2D eigenvalue weighted by Gasteiger charge is -2.19. The highest BCUT2D eigenvalue weighted by Crippen LogP contribution is 2.17. The normalized spacial score (nSPS) is 10.2. The van der Waals surface area contributed by atoms with E-state index >= 15 is 0 Å². The van der Waals surface area contributed by atoms with E-state index in [4.69, 9.17) is 11.6 Å². The SMILES string of the molecule is CCN(CCCl)C(=O)c1ccc(Br)c(F)c1. The van der Waals surface area contributed by atoms with E-state index in [1.807, 2.05) is 6.92 Å². The average Bonchev–Trinajstić information content (AvgIpc) is 2.28. The van der Waals surface area contributed by atoms with Crippen LogP contribution in [0.2, 0.25) is 0 Å². The Hall–Kier alpha value is -0.610. The first-order valence-electron chi connectivity index (χ1n) is 4.90. The molecule has 1 aromatic rings. The summed E-state index contributed by atoms with van der Waals surface area (Å²) >= 11 is 8.63. The van der Waals surface area contributed by atoms with Gasteiger partial charge in [-0.25, -0.2) is 4.39 Å². The van der Waals surface area contributed by atoms with E-state index in [-0.39, 0.29) is 5.91 Å². The summed E-state index contributed by atoms with van der Waals surface area (Å²) in [4.78, 5) is 13.5. The predicted molar refractivity (Wildman–Crippen MR) is 66.4 cm³/mol. The summed E-state index contributed by atoms with van der Waals surface area (Å²) in [5, 5.41) is 0. The second-order valence-electron chi connectivity index (χ2n) is 3.20. The Balaban J connectivity index is 2.90. The van der Waals surface area contributed by atoms with E-state index in [1.54, 1.807) is 11.0 Å². The van der Waals surface area contributed by atoms with Crippen LogP contribution in [0, 0.1) is 5.82 Å². The molecule has 0 aliphatic carbocycles. The molecule has 0 aromatic heterocycles. The maximum absolute atomic E-state index is 13.2. The van der Waals surface area contributed by atoms with Gasteiger partial charge in [-0.2, -0.15) is 0 Å². The average molecular weight is 309 g/mol. The molecule has 0 heterocycles. The highest BCUT2D eigenvalue weighted by molar-refractivity contribution is 9.10. The minimum Gasteiger partial charge on any atom is -0.338 e. The van der Waals surface area contributed by atoms with Crippen molar-refractivity contribution < 1.29 is 9.18 Å². The summed E-state index contributed by atoms with van der Waals surface area (Å²) < 4.78 is 13.6. The Bertz CT molecular complexity index is 386. The van der Waals surface area contributed by atoms with Gasteiger partial charge in [-0.1, -0.05) is 0 Å². The number of alkyl halides is 1. The van der Waals surface area contributed by atoms with Gasteiger partial charge in [0.25, 0.3) is 5.91 Å². The largest absolute Gasteiger partial charge is 0.338 e. The predicted octanol–water partition coefficient (Wildman–Crippen LogP) is 3.29. The van der Waals surface area contributed by atoms with Gasteiger partial charge in [-0.15, -0.1) is 11.6 Å². The van der Waals surface area contributed by atoms with Crippen LogP contribution in [0.25, 0.3) is 0 Å². The summed E-state index contributed by atoms with van der Waals surface area (Å²) in [5.74, 6) is -0.263. The number of benzene rings is 1. The van der Waals surface area contributed by atoms with Gasteiger partial charge in [-0.3, -0.25) is 4.79 Å². The molecule has 88 valence electrons. The fraction of sp³-hybridized carbons (Fsp3) is 0.364. The number of amides is 1. The van der Waals surface area contributed by atoms with Crippen molar-refractivity contribution in [2.75, 3.05) is 19.0 Å². The molecule has 2 nitrogen and oxygen atoms in total. The molecule has 0 fully saturated rings. The van der Waals surface area contributed by atoms with E-state index in [0.717, 1.165) is 0 Å². The van der Waals surface area contributed by atoms with Crippen LogP contribution in [0.1, 0.15) is 17.3 Å². The lowest BCUT2D eigenvalue weighted by atomic mass is 10.2. The maximum Gasteiger partial charge on any atom is 0.253 e. The Morgan fingerprint density at radius 3 is 2.75 bits per heavy atom. The molecule has 0 radical (unpaired) electrons. The van der Waals surface area contributed by atoms with Gasteiger partial charge in [0.15, 0.2) is 0 Å². The van der Waals surface area contributed by atoms with E-state index in [0.29, 0.717) is 29.0 Å². The molecule has 1 rings (SSSR count). The van der Waals surface area contributed by atoms with Crippen molar-refractivity contribution in [3.8, 4) is 0 Å². The molecule has 16 heavy (non-hydrogen) atoms. The van der Waals surface area contributed by atoms with Crippen LogP contribution < -0.4 is 0 Å². The molecule has 0 spiro atoms. The third-order valence-corrected chi connectivity index (χ3v) is 3.00. The molecule has 0 aliphatic heterocycles. The summed E-state index contributed by atoms with van der Waals surface area (Å²) in [7, 11) is 0. The monoisotopic (exact) mass is 307 g/mol. The fourth-order valence-corrected chi connectivity index (χ4v) is 1.77. The van der Waals surface area contributed by atoms with Gasteiger partial charge >= 0.3 is 0 Å². The van der Waals surface area contributed by atoms with Gasteiger partial charge in [0.05, 0.1) is 4.47 Å². The smallest absolute Gasteiger partial charge is 0.253 e. The lowest BCUT2D eigenvalue weighted by molar-refractivity contribution is 0.0773. The summed E-state index contributed by atoms with van der Waals surface area (Å²) in [6.07, 6.45) is 0. The molecule has 0 saturated heterocycles. The molecule has 0 unspecified atom stereocenters. The first-order chi connectivity index (χ1) is 7.60. The molecule has 0 N–H and O–H groups in total. The Morgan fingerprint density at radius 2 is 2.25 bits per heavy atom. The molecular formula is C11H12BrClFNO. The van der Waals surface area contributed by atoms with Crippen molar-refractivity contribution in [3.63, 3.8) is 0 Å². The lowest BCUT2D eigenvalue weighted by Crippen LogP contribution is -2.32. The molecule has 0 aliphatic rings. The van der Waals surface area contributed by atoms with E-state index in [9.17, 15) is 9.18 Å². The quantitative estimate of drug-likeness (QED) is 0.782. The number of carbonyl (C=O) groups is 1. The van der Waals surface area contributed by atoms with Gasteiger partial charge in [0.1, 0.15) is 5.82 Å². The fourth-order valence-electron chi connectivity index (χ4n) is 1.32. The Labute approximate surface area is 108 Å². The Kier molecular flexibility index (Phi) is 5.22. The second-order valence-corrected chi connectivity index (χ2v) is 4.43. The van der Waals surface area contributed by atoms with Crippen LogP contribution >= 0.6 is 27.5 Å². The van der Waals surface area contributed by atoms with Crippen molar-refractivity contribution >= 4 is 33.4 Å². The zero-order valence-corrected chi connectivity index (χ0v) is 11.2. The van der Waals surface area contributed by atoms with Gasteiger partial charge in [0, 0.05) is 24.5 Å². The Morgan fingerprint density at radius 1 is 1.56 bits per heavy atom. The summed E-state index contributed by atoms with van der Waals surface area (Å²) in [6, 6.07) is 4.34. The van der Waals surface area contributed by atoms with Crippen LogP contribution in [0.4, 0.5) is 4.39 Å².